The number of hydrogen-bond acceptors (Lipinski definition) is 1. The van der Waals surface area contributed by atoms with Gasteiger partial charge in [0, 0.05) is 5.41 Å². The number of allylic oxidation sites excluding steroid dienone is 1. The van der Waals surface area contributed by atoms with Crippen LogP contribution in [0, 0.1) is 16.7 Å². The first-order valence-corrected chi connectivity index (χ1v) is 4.69. The Hall–Kier alpha value is -0.590. The minimum atomic E-state index is -0.131. The third-order valence-electron chi connectivity index (χ3n) is 4.17. The molecule has 2 bridgehead atoms. The summed E-state index contributed by atoms with van der Waals surface area (Å²) in [6.07, 6.45) is 4.46. The van der Waals surface area contributed by atoms with E-state index in [1.54, 1.807) is 0 Å². The van der Waals surface area contributed by atoms with Gasteiger partial charge in [-0.2, -0.15) is 0 Å². The van der Waals surface area contributed by atoms with E-state index in [0.717, 1.165) is 19.1 Å². The molecular formula is C11H16O. The van der Waals surface area contributed by atoms with Crippen LogP contribution in [0.5, 0.6) is 0 Å². The molecule has 0 N–H and O–H groups in total. The van der Waals surface area contributed by atoms with Crippen molar-refractivity contribution in [2.75, 3.05) is 0 Å². The maximum atomic E-state index is 11.0. The van der Waals surface area contributed by atoms with Gasteiger partial charge >= 0.3 is 0 Å². The minimum Gasteiger partial charge on any atom is -0.302 e. The van der Waals surface area contributed by atoms with E-state index in [1.165, 1.54) is 12.0 Å². The van der Waals surface area contributed by atoms with Crippen LogP contribution in [0.2, 0.25) is 0 Å². The van der Waals surface area contributed by atoms with Crippen molar-refractivity contribution < 1.29 is 4.79 Å². The van der Waals surface area contributed by atoms with E-state index in [-0.39, 0.29) is 10.8 Å². The third kappa shape index (κ3) is 0.675. The second-order valence-corrected chi connectivity index (χ2v) is 4.91. The van der Waals surface area contributed by atoms with Crippen molar-refractivity contribution in [2.45, 2.75) is 33.1 Å². The van der Waals surface area contributed by atoms with Gasteiger partial charge in [-0.1, -0.05) is 26.0 Å². The van der Waals surface area contributed by atoms with Crippen molar-refractivity contribution in [3.8, 4) is 0 Å². The zero-order valence-corrected chi connectivity index (χ0v) is 7.89. The van der Waals surface area contributed by atoms with Crippen LogP contribution in [0.1, 0.15) is 33.1 Å². The van der Waals surface area contributed by atoms with Gasteiger partial charge in [-0.15, -0.1) is 0 Å². The van der Waals surface area contributed by atoms with Gasteiger partial charge in [-0.3, -0.25) is 0 Å². The molecule has 2 atom stereocenters. The summed E-state index contributed by atoms with van der Waals surface area (Å²) in [6.45, 7) is 8.55. The van der Waals surface area contributed by atoms with Crippen molar-refractivity contribution in [3.05, 3.63) is 12.2 Å². The number of hydrogen-bond donors (Lipinski definition) is 0. The number of fused-ring (bicyclic) bond motifs is 2. The molecule has 2 fully saturated rings. The Morgan fingerprint density at radius 1 is 1.58 bits per heavy atom. The Morgan fingerprint density at radius 2 is 2.25 bits per heavy atom. The summed E-state index contributed by atoms with van der Waals surface area (Å²) in [5.41, 5.74) is 1.26. The molecule has 0 saturated heterocycles. The van der Waals surface area contributed by atoms with Crippen molar-refractivity contribution in [2.24, 2.45) is 16.7 Å². The predicted octanol–water partition coefficient (Wildman–Crippen LogP) is 2.57. The van der Waals surface area contributed by atoms with E-state index >= 15 is 0 Å². The van der Waals surface area contributed by atoms with E-state index in [2.05, 4.69) is 20.4 Å². The average Bonchev–Trinajstić information content (AvgIpc) is 2.53. The molecule has 0 aromatic heterocycles. The van der Waals surface area contributed by atoms with E-state index in [0.29, 0.717) is 5.92 Å². The zero-order chi connectivity index (χ0) is 8.98. The van der Waals surface area contributed by atoms with Crippen LogP contribution in [0.3, 0.4) is 0 Å². The lowest BCUT2D eigenvalue weighted by atomic mass is 9.69. The van der Waals surface area contributed by atoms with Gasteiger partial charge in [-0.25, -0.2) is 0 Å². The predicted molar refractivity (Wildman–Crippen MR) is 48.8 cm³/mol. The molecule has 0 aromatic carbocycles. The summed E-state index contributed by atoms with van der Waals surface area (Å²) in [4.78, 5) is 11.0. The monoisotopic (exact) mass is 164 g/mol. The molecule has 0 amide bonds. The highest BCUT2D eigenvalue weighted by molar-refractivity contribution is 5.68. The molecule has 0 aliphatic heterocycles. The van der Waals surface area contributed by atoms with Gasteiger partial charge in [0.1, 0.15) is 6.29 Å². The smallest absolute Gasteiger partial charge is 0.130 e. The van der Waals surface area contributed by atoms with E-state index in [9.17, 15) is 4.79 Å². The molecule has 1 nitrogen and oxygen atoms in total. The lowest BCUT2D eigenvalue weighted by Crippen LogP contribution is -2.28. The highest BCUT2D eigenvalue weighted by Gasteiger charge is 2.57. The zero-order valence-electron chi connectivity index (χ0n) is 7.89. The molecular weight excluding hydrogens is 148 g/mol. The quantitative estimate of drug-likeness (QED) is 0.430. The largest absolute Gasteiger partial charge is 0.302 e. The summed E-state index contributed by atoms with van der Waals surface area (Å²) in [6, 6.07) is 0. The van der Waals surface area contributed by atoms with Crippen molar-refractivity contribution in [1.29, 1.82) is 0 Å². The van der Waals surface area contributed by atoms with E-state index in [4.69, 9.17) is 0 Å². The standard InChI is InChI=1S/C11H16O/c1-8-10(2,3)9-4-5-11(8,6-9)7-12/h7,9H,1,4-6H2,2-3H3. The molecule has 2 aliphatic carbocycles. The Bertz CT molecular complexity index is 252. The van der Waals surface area contributed by atoms with Crippen LogP contribution in [0.4, 0.5) is 0 Å². The number of carbonyl (C=O) groups excluding carboxylic acids is 1. The molecule has 2 aliphatic rings. The second kappa shape index (κ2) is 2.01. The fraction of sp³-hybridized carbons (Fsp3) is 0.727. The van der Waals surface area contributed by atoms with Gasteiger partial charge < -0.3 is 4.79 Å². The molecule has 2 saturated carbocycles. The number of aldehydes is 1. The SMILES string of the molecule is C=C1C2(C=O)CCC(C2)C1(C)C. The summed E-state index contributed by atoms with van der Waals surface area (Å²) in [5.74, 6) is 0.704. The molecule has 66 valence electrons. The Morgan fingerprint density at radius 3 is 2.58 bits per heavy atom. The average molecular weight is 164 g/mol. The highest BCUT2D eigenvalue weighted by atomic mass is 16.1. The first-order valence-electron chi connectivity index (χ1n) is 4.69. The Labute approximate surface area is 73.8 Å². The number of rotatable bonds is 1. The third-order valence-corrected chi connectivity index (χ3v) is 4.17. The second-order valence-electron chi connectivity index (χ2n) is 4.91. The normalized spacial score (nSPS) is 43.5. The lowest BCUT2D eigenvalue weighted by molar-refractivity contribution is -0.114. The van der Waals surface area contributed by atoms with Crippen molar-refractivity contribution in [1.82, 2.24) is 0 Å². The molecule has 0 heterocycles. The Kier molecular flexibility index (Phi) is 1.35. The molecule has 2 rings (SSSR count). The van der Waals surface area contributed by atoms with Crippen LogP contribution >= 0.6 is 0 Å². The summed E-state index contributed by atoms with van der Waals surface area (Å²) in [5, 5.41) is 0. The fourth-order valence-electron chi connectivity index (χ4n) is 3.03. The van der Waals surface area contributed by atoms with Crippen LogP contribution in [0.25, 0.3) is 0 Å². The molecule has 2 unspecified atom stereocenters. The van der Waals surface area contributed by atoms with Crippen molar-refractivity contribution in [3.63, 3.8) is 0 Å². The minimum absolute atomic E-state index is 0.131. The van der Waals surface area contributed by atoms with Crippen LogP contribution in [-0.4, -0.2) is 6.29 Å². The van der Waals surface area contributed by atoms with E-state index < -0.39 is 0 Å². The summed E-state index contributed by atoms with van der Waals surface area (Å²) >= 11 is 0. The molecule has 0 radical (unpaired) electrons. The Balaban J connectivity index is 2.44. The molecule has 1 heteroatoms. The van der Waals surface area contributed by atoms with Gasteiger partial charge in [0.15, 0.2) is 0 Å². The molecule has 0 spiro atoms. The fourth-order valence-corrected chi connectivity index (χ4v) is 3.03. The first kappa shape index (κ1) is 8.03. The first-order chi connectivity index (χ1) is 5.53. The summed E-state index contributed by atoms with van der Waals surface area (Å²) < 4.78 is 0. The lowest BCUT2D eigenvalue weighted by Gasteiger charge is -2.35. The summed E-state index contributed by atoms with van der Waals surface area (Å²) in [7, 11) is 0. The maximum Gasteiger partial charge on any atom is 0.130 e. The van der Waals surface area contributed by atoms with E-state index in [1.807, 2.05) is 0 Å². The van der Waals surface area contributed by atoms with Crippen molar-refractivity contribution >= 4 is 6.29 Å². The number of carbonyl (C=O) groups is 1. The van der Waals surface area contributed by atoms with Gasteiger partial charge in [0.25, 0.3) is 0 Å². The van der Waals surface area contributed by atoms with Crippen LogP contribution < -0.4 is 0 Å². The van der Waals surface area contributed by atoms with Gasteiger partial charge in [-0.05, 0) is 30.6 Å². The topological polar surface area (TPSA) is 17.1 Å². The maximum absolute atomic E-state index is 11.0. The van der Waals surface area contributed by atoms with Gasteiger partial charge in [0.05, 0.1) is 0 Å². The molecule has 12 heavy (non-hydrogen) atoms. The van der Waals surface area contributed by atoms with Crippen LogP contribution in [0.15, 0.2) is 12.2 Å². The van der Waals surface area contributed by atoms with Crippen LogP contribution in [-0.2, 0) is 4.79 Å². The van der Waals surface area contributed by atoms with Gasteiger partial charge in [0.2, 0.25) is 0 Å². The molecule has 0 aromatic rings. The highest BCUT2D eigenvalue weighted by Crippen LogP contribution is 2.64.